The lowest BCUT2D eigenvalue weighted by Crippen LogP contribution is -2.47. The predicted octanol–water partition coefficient (Wildman–Crippen LogP) is 2.26. The minimum Gasteiger partial charge on any atom is -0.334 e. The third-order valence-electron chi connectivity index (χ3n) is 4.00. The molecule has 1 aromatic carbocycles. The number of benzene rings is 1. The average molecular weight is 246 g/mol. The summed E-state index contributed by atoms with van der Waals surface area (Å²) in [6.07, 6.45) is 3.30. The first kappa shape index (κ1) is 13.1. The summed E-state index contributed by atoms with van der Waals surface area (Å²) in [6, 6.07) is 6.14. The van der Waals surface area contributed by atoms with Gasteiger partial charge in [0.1, 0.15) is 0 Å². The van der Waals surface area contributed by atoms with Crippen LogP contribution in [0.25, 0.3) is 0 Å². The minimum absolute atomic E-state index is 0.145. The van der Waals surface area contributed by atoms with E-state index < -0.39 is 0 Å². The Morgan fingerprint density at radius 3 is 2.89 bits per heavy atom. The second kappa shape index (κ2) is 5.53. The van der Waals surface area contributed by atoms with Gasteiger partial charge in [0.15, 0.2) is 0 Å². The van der Waals surface area contributed by atoms with Crippen molar-refractivity contribution in [2.45, 2.75) is 39.2 Å². The highest BCUT2D eigenvalue weighted by Crippen LogP contribution is 2.21. The molecule has 2 N–H and O–H groups in total. The van der Waals surface area contributed by atoms with E-state index in [4.69, 9.17) is 5.73 Å². The number of nitrogens with two attached hydrogens (primary N) is 1. The van der Waals surface area contributed by atoms with E-state index in [1.807, 2.05) is 36.9 Å². The van der Waals surface area contributed by atoms with Gasteiger partial charge in [-0.2, -0.15) is 0 Å². The zero-order chi connectivity index (χ0) is 13.1. The van der Waals surface area contributed by atoms with Gasteiger partial charge in [0.05, 0.1) is 0 Å². The minimum atomic E-state index is 0.145. The Bertz CT molecular complexity index is 442. The molecule has 1 heterocycles. The highest BCUT2D eigenvalue weighted by Gasteiger charge is 2.27. The van der Waals surface area contributed by atoms with E-state index in [0.717, 1.165) is 30.5 Å². The van der Waals surface area contributed by atoms with Crippen molar-refractivity contribution in [1.82, 2.24) is 4.90 Å². The molecule has 1 fully saturated rings. The second-order valence-electron chi connectivity index (χ2n) is 5.13. The molecule has 98 valence electrons. The maximum absolute atomic E-state index is 12.6. The summed E-state index contributed by atoms with van der Waals surface area (Å²) < 4.78 is 0. The molecule has 0 radical (unpaired) electrons. The van der Waals surface area contributed by atoms with Gasteiger partial charge in [-0.3, -0.25) is 4.79 Å². The maximum Gasteiger partial charge on any atom is 0.254 e. The van der Waals surface area contributed by atoms with E-state index in [0.29, 0.717) is 6.54 Å². The molecule has 3 nitrogen and oxygen atoms in total. The quantitative estimate of drug-likeness (QED) is 0.870. The van der Waals surface area contributed by atoms with Gasteiger partial charge >= 0.3 is 0 Å². The zero-order valence-electron chi connectivity index (χ0n) is 11.3. The molecule has 0 saturated carbocycles. The van der Waals surface area contributed by atoms with Gasteiger partial charge < -0.3 is 10.6 Å². The van der Waals surface area contributed by atoms with Gasteiger partial charge in [-0.1, -0.05) is 12.1 Å². The molecule has 1 aromatic rings. The van der Waals surface area contributed by atoms with Crippen LogP contribution in [0.1, 0.15) is 40.7 Å². The number of likely N-dealkylation sites (tertiary alicyclic amines) is 1. The number of carbonyl (C=O) groups is 1. The van der Waals surface area contributed by atoms with Crippen molar-refractivity contribution < 1.29 is 4.79 Å². The average Bonchev–Trinajstić information content (AvgIpc) is 2.41. The molecule has 1 atom stereocenters. The molecule has 0 spiro atoms. The van der Waals surface area contributed by atoms with Crippen LogP contribution in [0, 0.1) is 13.8 Å². The number of aryl methyl sites for hydroxylation is 1. The summed E-state index contributed by atoms with van der Waals surface area (Å²) in [6.45, 7) is 5.47. The van der Waals surface area contributed by atoms with Gasteiger partial charge in [0, 0.05) is 24.7 Å². The number of piperidine rings is 1. The molecule has 0 aromatic heterocycles. The van der Waals surface area contributed by atoms with Gasteiger partial charge in [-0.15, -0.1) is 0 Å². The Labute approximate surface area is 109 Å². The van der Waals surface area contributed by atoms with E-state index in [-0.39, 0.29) is 11.9 Å². The molecule has 0 bridgehead atoms. The molecular formula is C15H22N2O. The van der Waals surface area contributed by atoms with E-state index in [1.165, 1.54) is 12.0 Å². The molecule has 1 amide bonds. The van der Waals surface area contributed by atoms with Gasteiger partial charge in [0.25, 0.3) is 5.91 Å². The smallest absolute Gasteiger partial charge is 0.254 e. The summed E-state index contributed by atoms with van der Waals surface area (Å²) in [5, 5.41) is 0. The Morgan fingerprint density at radius 1 is 1.39 bits per heavy atom. The highest BCUT2D eigenvalue weighted by atomic mass is 16.2. The first-order valence-corrected chi connectivity index (χ1v) is 6.72. The fraction of sp³-hybridized carbons (Fsp3) is 0.533. The number of hydrogen-bond donors (Lipinski definition) is 1. The highest BCUT2D eigenvalue weighted by molar-refractivity contribution is 5.96. The largest absolute Gasteiger partial charge is 0.334 e. The van der Waals surface area contributed by atoms with E-state index in [9.17, 15) is 4.79 Å². The van der Waals surface area contributed by atoms with Crippen LogP contribution < -0.4 is 5.73 Å². The van der Waals surface area contributed by atoms with Crippen LogP contribution in [0.2, 0.25) is 0 Å². The Morgan fingerprint density at radius 2 is 2.17 bits per heavy atom. The van der Waals surface area contributed by atoms with E-state index in [2.05, 4.69) is 0 Å². The van der Waals surface area contributed by atoms with Crippen molar-refractivity contribution >= 4 is 5.91 Å². The SMILES string of the molecule is Cc1cccc(C(=O)N2CCCCC2CN)c1C. The zero-order valence-corrected chi connectivity index (χ0v) is 11.3. The lowest BCUT2D eigenvalue weighted by atomic mass is 9.98. The Hall–Kier alpha value is -1.35. The summed E-state index contributed by atoms with van der Waals surface area (Å²) in [5.41, 5.74) is 8.87. The second-order valence-corrected chi connectivity index (χ2v) is 5.13. The van der Waals surface area contributed by atoms with E-state index in [1.54, 1.807) is 0 Å². The molecule has 1 aliphatic heterocycles. The predicted molar refractivity (Wildman–Crippen MR) is 73.6 cm³/mol. The first-order chi connectivity index (χ1) is 8.65. The van der Waals surface area contributed by atoms with Crippen LogP contribution in [0.5, 0.6) is 0 Å². The summed E-state index contributed by atoms with van der Waals surface area (Å²) in [7, 11) is 0. The van der Waals surface area contributed by atoms with Gasteiger partial charge in [0.2, 0.25) is 0 Å². The molecule has 1 aliphatic rings. The lowest BCUT2D eigenvalue weighted by Gasteiger charge is -2.35. The van der Waals surface area contributed by atoms with Crippen LogP contribution in [-0.4, -0.2) is 29.9 Å². The maximum atomic E-state index is 12.6. The molecule has 1 unspecified atom stereocenters. The molecule has 2 rings (SSSR count). The van der Waals surface area contributed by atoms with Crippen LogP contribution in [0.3, 0.4) is 0 Å². The first-order valence-electron chi connectivity index (χ1n) is 6.72. The van der Waals surface area contributed by atoms with Crippen molar-refractivity contribution in [3.8, 4) is 0 Å². The normalized spacial score (nSPS) is 19.9. The van der Waals surface area contributed by atoms with Crippen molar-refractivity contribution in [2.24, 2.45) is 5.73 Å². The summed E-state index contributed by atoms with van der Waals surface area (Å²) in [5.74, 6) is 0.145. The molecule has 1 saturated heterocycles. The van der Waals surface area contributed by atoms with Crippen LogP contribution in [0.4, 0.5) is 0 Å². The van der Waals surface area contributed by atoms with Gasteiger partial charge in [-0.25, -0.2) is 0 Å². The molecule has 0 aliphatic carbocycles. The molecule has 3 heteroatoms. The Kier molecular flexibility index (Phi) is 4.02. The molecular weight excluding hydrogens is 224 g/mol. The number of carbonyl (C=O) groups excluding carboxylic acids is 1. The Balaban J connectivity index is 2.27. The topological polar surface area (TPSA) is 46.3 Å². The number of rotatable bonds is 2. The van der Waals surface area contributed by atoms with Crippen molar-refractivity contribution in [1.29, 1.82) is 0 Å². The van der Waals surface area contributed by atoms with E-state index >= 15 is 0 Å². The van der Waals surface area contributed by atoms with Crippen molar-refractivity contribution in [3.05, 3.63) is 34.9 Å². The van der Waals surface area contributed by atoms with Crippen molar-refractivity contribution in [2.75, 3.05) is 13.1 Å². The van der Waals surface area contributed by atoms with Crippen molar-refractivity contribution in [3.63, 3.8) is 0 Å². The molecule has 18 heavy (non-hydrogen) atoms. The third-order valence-corrected chi connectivity index (χ3v) is 4.00. The van der Waals surface area contributed by atoms with Gasteiger partial charge in [-0.05, 0) is 50.3 Å². The lowest BCUT2D eigenvalue weighted by molar-refractivity contribution is 0.0622. The standard InChI is InChI=1S/C15H22N2O/c1-11-6-5-8-14(12(11)2)15(18)17-9-4-3-7-13(17)10-16/h5-6,8,13H,3-4,7,9-10,16H2,1-2H3. The fourth-order valence-corrected chi connectivity index (χ4v) is 2.65. The number of hydrogen-bond acceptors (Lipinski definition) is 2. The van der Waals surface area contributed by atoms with Crippen LogP contribution in [-0.2, 0) is 0 Å². The van der Waals surface area contributed by atoms with Crippen LogP contribution in [0.15, 0.2) is 18.2 Å². The summed E-state index contributed by atoms with van der Waals surface area (Å²) in [4.78, 5) is 14.6. The number of amides is 1. The fourth-order valence-electron chi connectivity index (χ4n) is 2.65. The van der Waals surface area contributed by atoms with Crippen LogP contribution >= 0.6 is 0 Å². The number of nitrogens with zero attached hydrogens (tertiary/aromatic N) is 1. The summed E-state index contributed by atoms with van der Waals surface area (Å²) >= 11 is 0. The monoisotopic (exact) mass is 246 g/mol. The third kappa shape index (κ3) is 2.41.